The third-order valence-electron chi connectivity index (χ3n) is 6.04. The number of methoxy groups -OCH3 is 1. The molecular weight excluding hydrogens is 414 g/mol. The Morgan fingerprint density at radius 3 is 2.65 bits per heavy atom. The summed E-state index contributed by atoms with van der Waals surface area (Å²) in [6, 6.07) is 14.8. The van der Waals surface area contributed by atoms with Crippen LogP contribution in [0, 0.1) is 5.92 Å². The van der Waals surface area contributed by atoms with E-state index in [0.29, 0.717) is 11.4 Å². The summed E-state index contributed by atoms with van der Waals surface area (Å²) in [6.45, 7) is -0.00875. The molecular formula is C24H26ClN3O3. The van der Waals surface area contributed by atoms with Crippen LogP contribution in [-0.4, -0.2) is 48.1 Å². The molecule has 1 heterocycles. The van der Waals surface area contributed by atoms with Crippen molar-refractivity contribution in [1.29, 1.82) is 0 Å². The molecule has 0 unspecified atom stereocenters. The van der Waals surface area contributed by atoms with Gasteiger partial charge in [0.2, 0.25) is 5.91 Å². The Labute approximate surface area is 187 Å². The predicted octanol–water partition coefficient (Wildman–Crippen LogP) is 4.28. The molecule has 1 fully saturated rings. The number of benzene rings is 2. The number of ether oxygens (including phenoxy) is 1. The fourth-order valence-electron chi connectivity index (χ4n) is 4.03. The molecule has 0 spiro atoms. The number of halogens is 1. The molecule has 4 rings (SSSR count). The molecule has 1 saturated carbocycles. The van der Waals surface area contributed by atoms with Gasteiger partial charge in [-0.2, -0.15) is 5.10 Å². The van der Waals surface area contributed by atoms with Crippen molar-refractivity contribution in [3.05, 3.63) is 64.7 Å². The van der Waals surface area contributed by atoms with Crippen LogP contribution in [0.1, 0.15) is 42.9 Å². The van der Waals surface area contributed by atoms with Crippen molar-refractivity contribution in [2.24, 2.45) is 11.0 Å². The lowest BCUT2D eigenvalue weighted by Gasteiger charge is -2.30. The topological polar surface area (TPSA) is 62.2 Å². The lowest BCUT2D eigenvalue weighted by molar-refractivity contribution is -0.144. The first kappa shape index (κ1) is 21.4. The quantitative estimate of drug-likeness (QED) is 0.674. The summed E-state index contributed by atoms with van der Waals surface area (Å²) in [7, 11) is 3.30. The van der Waals surface area contributed by atoms with Gasteiger partial charge < -0.3 is 9.64 Å². The minimum Gasteiger partial charge on any atom is -0.497 e. The highest BCUT2D eigenvalue weighted by molar-refractivity contribution is 6.31. The fraction of sp³-hybridized carbons (Fsp3) is 0.375. The largest absolute Gasteiger partial charge is 0.497 e. The fourth-order valence-corrected chi connectivity index (χ4v) is 4.29. The minimum absolute atomic E-state index is 0.00875. The van der Waals surface area contributed by atoms with Crippen molar-refractivity contribution in [2.45, 2.75) is 31.7 Å². The van der Waals surface area contributed by atoms with Crippen LogP contribution in [0.2, 0.25) is 5.02 Å². The SMILES string of the molecule is COc1cccc(C2=NN(C(=O)CN(C)C(=O)C3CCC3)[C@H](c3ccccc3Cl)C2)c1. The Hall–Kier alpha value is -2.86. The van der Waals surface area contributed by atoms with Crippen LogP contribution in [0.15, 0.2) is 53.6 Å². The van der Waals surface area contributed by atoms with Crippen molar-refractivity contribution in [3.8, 4) is 5.75 Å². The van der Waals surface area contributed by atoms with Gasteiger partial charge in [0, 0.05) is 30.0 Å². The summed E-state index contributed by atoms with van der Waals surface area (Å²) in [5, 5.41) is 6.75. The van der Waals surface area contributed by atoms with E-state index < -0.39 is 0 Å². The summed E-state index contributed by atoms with van der Waals surface area (Å²) in [6.07, 6.45) is 3.42. The number of hydrogen-bond acceptors (Lipinski definition) is 4. The summed E-state index contributed by atoms with van der Waals surface area (Å²) in [4.78, 5) is 27.3. The molecule has 6 nitrogen and oxygen atoms in total. The molecule has 2 aromatic carbocycles. The highest BCUT2D eigenvalue weighted by Crippen LogP contribution is 2.37. The molecule has 1 aliphatic heterocycles. The molecule has 162 valence electrons. The molecule has 31 heavy (non-hydrogen) atoms. The van der Waals surface area contributed by atoms with Gasteiger partial charge in [-0.15, -0.1) is 0 Å². The number of carbonyl (C=O) groups is 2. The van der Waals surface area contributed by atoms with E-state index in [1.54, 1.807) is 14.2 Å². The number of hydrazone groups is 1. The zero-order valence-electron chi connectivity index (χ0n) is 17.8. The van der Waals surface area contributed by atoms with Crippen LogP contribution in [0.4, 0.5) is 0 Å². The first-order valence-electron chi connectivity index (χ1n) is 10.5. The number of hydrogen-bond donors (Lipinski definition) is 0. The number of carbonyl (C=O) groups excluding carboxylic acids is 2. The molecule has 0 bridgehead atoms. The molecule has 2 amide bonds. The lowest BCUT2D eigenvalue weighted by atomic mass is 9.84. The van der Waals surface area contributed by atoms with Gasteiger partial charge in [0.05, 0.1) is 18.9 Å². The maximum Gasteiger partial charge on any atom is 0.262 e. The first-order chi connectivity index (χ1) is 15.0. The minimum atomic E-state index is -0.324. The second-order valence-corrected chi connectivity index (χ2v) is 8.49. The predicted molar refractivity (Wildman–Crippen MR) is 120 cm³/mol. The van der Waals surface area contributed by atoms with Gasteiger partial charge in [0.15, 0.2) is 0 Å². The van der Waals surface area contributed by atoms with E-state index in [0.717, 1.165) is 41.9 Å². The zero-order valence-corrected chi connectivity index (χ0v) is 18.5. The van der Waals surface area contributed by atoms with Crippen LogP contribution >= 0.6 is 11.6 Å². The maximum atomic E-state index is 13.2. The standard InChI is InChI=1S/C24H26ClN3O3/c1-27(24(30)16-7-5-8-16)15-23(29)28-22(19-11-3-4-12-20(19)25)14-21(26-28)17-9-6-10-18(13-17)31-2/h3-4,6,9-13,16,22H,5,7-8,14-15H2,1-2H3/t22-/m0/s1. The summed E-state index contributed by atoms with van der Waals surface area (Å²) >= 11 is 6.47. The van der Waals surface area contributed by atoms with Gasteiger partial charge in [0.25, 0.3) is 5.91 Å². The van der Waals surface area contributed by atoms with Gasteiger partial charge in [-0.25, -0.2) is 5.01 Å². The Kier molecular flexibility index (Phi) is 6.28. The molecule has 0 saturated heterocycles. The number of nitrogens with zero attached hydrogens (tertiary/aromatic N) is 3. The van der Waals surface area contributed by atoms with E-state index in [1.807, 2.05) is 48.5 Å². The van der Waals surface area contributed by atoms with Crippen LogP contribution in [0.3, 0.4) is 0 Å². The highest BCUT2D eigenvalue weighted by atomic mass is 35.5. The summed E-state index contributed by atoms with van der Waals surface area (Å²) in [5.74, 6) is 0.583. The third kappa shape index (κ3) is 4.44. The molecule has 0 radical (unpaired) electrons. The second-order valence-electron chi connectivity index (χ2n) is 8.08. The molecule has 7 heteroatoms. The van der Waals surface area contributed by atoms with E-state index >= 15 is 0 Å². The smallest absolute Gasteiger partial charge is 0.262 e. The highest BCUT2D eigenvalue weighted by Gasteiger charge is 2.36. The molecule has 0 N–H and O–H groups in total. The van der Waals surface area contributed by atoms with Crippen LogP contribution in [-0.2, 0) is 9.59 Å². The Bertz CT molecular complexity index is 1020. The summed E-state index contributed by atoms with van der Waals surface area (Å²) < 4.78 is 5.34. The summed E-state index contributed by atoms with van der Waals surface area (Å²) in [5.41, 5.74) is 2.52. The second kappa shape index (κ2) is 9.10. The maximum absolute atomic E-state index is 13.2. The Morgan fingerprint density at radius 2 is 1.97 bits per heavy atom. The van der Waals surface area contributed by atoms with Gasteiger partial charge in [0.1, 0.15) is 12.3 Å². The monoisotopic (exact) mass is 439 g/mol. The van der Waals surface area contributed by atoms with Crippen molar-refractivity contribution in [2.75, 3.05) is 20.7 Å². The molecule has 0 aromatic heterocycles. The average molecular weight is 440 g/mol. The van der Waals surface area contributed by atoms with E-state index in [-0.39, 0.29) is 30.3 Å². The molecule has 2 aliphatic rings. The lowest BCUT2D eigenvalue weighted by Crippen LogP contribution is -2.42. The van der Waals surface area contributed by atoms with Gasteiger partial charge >= 0.3 is 0 Å². The van der Waals surface area contributed by atoms with Crippen molar-refractivity contribution in [3.63, 3.8) is 0 Å². The van der Waals surface area contributed by atoms with Crippen LogP contribution in [0.5, 0.6) is 5.75 Å². The molecule has 1 atom stereocenters. The molecule has 1 aliphatic carbocycles. The van der Waals surface area contributed by atoms with E-state index in [1.165, 1.54) is 9.91 Å². The third-order valence-corrected chi connectivity index (χ3v) is 6.38. The van der Waals surface area contributed by atoms with Gasteiger partial charge in [-0.05, 0) is 36.6 Å². The zero-order chi connectivity index (χ0) is 22.0. The average Bonchev–Trinajstić information content (AvgIpc) is 3.18. The van der Waals surface area contributed by atoms with Crippen LogP contribution < -0.4 is 4.74 Å². The van der Waals surface area contributed by atoms with Crippen molar-refractivity contribution < 1.29 is 14.3 Å². The number of likely N-dealkylation sites (N-methyl/N-ethyl adjacent to an activating group) is 1. The normalized spacial score (nSPS) is 18.4. The molecule has 2 aromatic rings. The van der Waals surface area contributed by atoms with Crippen molar-refractivity contribution >= 4 is 29.1 Å². The van der Waals surface area contributed by atoms with E-state index in [2.05, 4.69) is 5.10 Å². The first-order valence-corrected chi connectivity index (χ1v) is 10.9. The Balaban J connectivity index is 1.61. The number of amides is 2. The van der Waals surface area contributed by atoms with Crippen molar-refractivity contribution in [1.82, 2.24) is 9.91 Å². The number of rotatable bonds is 6. The van der Waals surface area contributed by atoms with Gasteiger partial charge in [-0.1, -0.05) is 48.4 Å². The Morgan fingerprint density at radius 1 is 1.19 bits per heavy atom. The van der Waals surface area contributed by atoms with E-state index in [4.69, 9.17) is 16.3 Å². The van der Waals surface area contributed by atoms with Crippen LogP contribution in [0.25, 0.3) is 0 Å². The van der Waals surface area contributed by atoms with Gasteiger partial charge in [-0.3, -0.25) is 9.59 Å². The van der Waals surface area contributed by atoms with E-state index in [9.17, 15) is 9.59 Å².